The Hall–Kier alpha value is -1.59. The third-order valence-electron chi connectivity index (χ3n) is 2.85. The molecule has 2 aliphatic heterocycles. The van der Waals surface area contributed by atoms with Gasteiger partial charge in [-0.25, -0.2) is 0 Å². The molecule has 2 heterocycles. The van der Waals surface area contributed by atoms with Crippen molar-refractivity contribution < 1.29 is 19.4 Å². The van der Waals surface area contributed by atoms with Gasteiger partial charge in [0.05, 0.1) is 0 Å². The summed E-state index contributed by atoms with van der Waals surface area (Å²) in [4.78, 5) is 12.1. The maximum atomic E-state index is 12.1. The highest BCUT2D eigenvalue weighted by Gasteiger charge is 2.48. The van der Waals surface area contributed by atoms with Crippen LogP contribution in [0.15, 0.2) is 40.1 Å². The Balaban J connectivity index is 2.20. The van der Waals surface area contributed by atoms with E-state index in [-0.39, 0.29) is 11.4 Å². The van der Waals surface area contributed by atoms with Crippen molar-refractivity contribution in [3.8, 4) is 5.75 Å². The summed E-state index contributed by atoms with van der Waals surface area (Å²) in [5.41, 5.74) is 0.799. The van der Waals surface area contributed by atoms with Crippen LogP contribution in [0.5, 0.6) is 5.75 Å². The lowest BCUT2D eigenvalue weighted by Gasteiger charge is -2.36. The lowest BCUT2D eigenvalue weighted by atomic mass is 9.99. The molecule has 1 atom stereocenters. The van der Waals surface area contributed by atoms with Crippen LogP contribution >= 0.6 is 15.9 Å². The van der Waals surface area contributed by atoms with Crippen molar-refractivity contribution in [2.24, 2.45) is 0 Å². The van der Waals surface area contributed by atoms with Crippen LogP contribution in [0, 0.1) is 0 Å². The highest BCUT2D eigenvalue weighted by Crippen LogP contribution is 2.41. The van der Waals surface area contributed by atoms with Gasteiger partial charge >= 0.3 is 5.97 Å². The highest BCUT2D eigenvalue weighted by molar-refractivity contribution is 9.12. The molecule has 5 heteroatoms. The van der Waals surface area contributed by atoms with Gasteiger partial charge in [-0.15, -0.1) is 0 Å². The molecular weight excluding hydrogens is 300 g/mol. The molecular formula is C13H9BrO4. The van der Waals surface area contributed by atoms with Crippen LogP contribution in [0.4, 0.5) is 0 Å². The normalized spacial score (nSPS) is 25.7. The van der Waals surface area contributed by atoms with Crippen molar-refractivity contribution in [3.05, 3.63) is 45.6 Å². The Kier molecular flexibility index (Phi) is 2.36. The van der Waals surface area contributed by atoms with E-state index in [1.165, 1.54) is 0 Å². The number of hydrogen-bond donors (Lipinski definition) is 1. The van der Waals surface area contributed by atoms with Crippen molar-refractivity contribution in [1.29, 1.82) is 0 Å². The Labute approximate surface area is 112 Å². The van der Waals surface area contributed by atoms with Gasteiger partial charge in [-0.05, 0) is 35.0 Å². The third kappa shape index (κ3) is 1.51. The zero-order valence-corrected chi connectivity index (χ0v) is 11.0. The van der Waals surface area contributed by atoms with E-state index in [4.69, 9.17) is 9.47 Å². The first-order valence-electron chi connectivity index (χ1n) is 5.34. The van der Waals surface area contributed by atoms with Gasteiger partial charge < -0.3 is 14.6 Å². The number of fused-ring (bicyclic) bond motifs is 2. The first-order chi connectivity index (χ1) is 8.51. The number of benzene rings is 1. The number of Topliss-reactive ketones (excluding diaryl/α,β-unsaturated/α-hetero) is 1. The minimum Gasteiger partial charge on any atom is -0.430 e. The molecule has 92 valence electrons. The number of carbonyl (C=O) groups excluding carboxylic acids is 1. The quantitative estimate of drug-likeness (QED) is 0.799. The summed E-state index contributed by atoms with van der Waals surface area (Å²) in [6, 6.07) is 7.11. The molecule has 4 nitrogen and oxygen atoms in total. The standard InChI is InChI=1S/C13H9BrO4/c1-7-11(14)12(15)9-6-8-4-2-3-5-10(8)18-13(9,16)17-7/h2-6,16H,1H3. The van der Waals surface area contributed by atoms with Crippen molar-refractivity contribution in [2.45, 2.75) is 12.9 Å². The van der Waals surface area contributed by atoms with Crippen molar-refractivity contribution >= 4 is 27.8 Å². The number of halogens is 1. The van der Waals surface area contributed by atoms with Crippen molar-refractivity contribution in [1.82, 2.24) is 0 Å². The number of hydrogen-bond acceptors (Lipinski definition) is 4. The number of allylic oxidation sites excluding steroid dienone is 2. The fraction of sp³-hybridized carbons (Fsp3) is 0.154. The Morgan fingerprint density at radius 3 is 2.78 bits per heavy atom. The predicted octanol–water partition coefficient (Wildman–Crippen LogP) is 2.33. The summed E-state index contributed by atoms with van der Waals surface area (Å²) in [5.74, 6) is -1.61. The molecule has 0 bridgehead atoms. The molecule has 1 aromatic rings. The van der Waals surface area contributed by atoms with Gasteiger partial charge in [0.2, 0.25) is 5.78 Å². The molecule has 1 N–H and O–H groups in total. The maximum absolute atomic E-state index is 12.1. The molecule has 1 unspecified atom stereocenters. The smallest absolute Gasteiger partial charge is 0.402 e. The number of ether oxygens (including phenoxy) is 2. The Bertz CT molecular complexity index is 617. The van der Waals surface area contributed by atoms with E-state index < -0.39 is 5.97 Å². The maximum Gasteiger partial charge on any atom is 0.402 e. The van der Waals surface area contributed by atoms with Crippen LogP contribution < -0.4 is 4.74 Å². The molecule has 0 spiro atoms. The molecule has 2 aliphatic rings. The van der Waals surface area contributed by atoms with Crippen LogP contribution in [-0.4, -0.2) is 16.9 Å². The predicted molar refractivity (Wildman–Crippen MR) is 67.7 cm³/mol. The van der Waals surface area contributed by atoms with E-state index in [0.717, 1.165) is 5.56 Å². The first kappa shape index (κ1) is 11.5. The van der Waals surface area contributed by atoms with Gasteiger partial charge in [0, 0.05) is 5.56 Å². The minimum absolute atomic E-state index is 0.0682. The van der Waals surface area contributed by atoms with Crippen molar-refractivity contribution in [3.63, 3.8) is 0 Å². The summed E-state index contributed by atoms with van der Waals surface area (Å²) >= 11 is 3.14. The number of aliphatic hydroxyl groups is 1. The average molecular weight is 309 g/mol. The Morgan fingerprint density at radius 2 is 2.00 bits per heavy atom. The molecule has 0 aromatic heterocycles. The fourth-order valence-electron chi connectivity index (χ4n) is 1.96. The van der Waals surface area contributed by atoms with Crippen LogP contribution in [0.2, 0.25) is 0 Å². The van der Waals surface area contributed by atoms with E-state index in [0.29, 0.717) is 16.0 Å². The molecule has 1 aromatic carbocycles. The second-order valence-electron chi connectivity index (χ2n) is 4.08. The summed E-state index contributed by atoms with van der Waals surface area (Å²) in [7, 11) is 0. The van der Waals surface area contributed by atoms with Crippen molar-refractivity contribution in [2.75, 3.05) is 0 Å². The van der Waals surface area contributed by atoms with Crippen LogP contribution in [0.3, 0.4) is 0 Å². The third-order valence-corrected chi connectivity index (χ3v) is 3.77. The van der Waals surface area contributed by atoms with E-state index in [1.54, 1.807) is 31.2 Å². The average Bonchev–Trinajstić information content (AvgIpc) is 2.34. The van der Waals surface area contributed by atoms with E-state index in [9.17, 15) is 9.90 Å². The zero-order chi connectivity index (χ0) is 12.9. The van der Waals surface area contributed by atoms with Crippen LogP contribution in [0.25, 0.3) is 6.08 Å². The van der Waals surface area contributed by atoms with Crippen LogP contribution in [-0.2, 0) is 9.53 Å². The SMILES string of the molecule is CC1=C(Br)C(=O)C2=Cc3ccccc3OC2(O)O1. The molecule has 0 saturated carbocycles. The number of carbonyl (C=O) groups is 1. The lowest BCUT2D eigenvalue weighted by molar-refractivity contribution is -0.275. The molecule has 0 fully saturated rings. The number of para-hydroxylation sites is 1. The molecule has 0 saturated heterocycles. The fourth-order valence-corrected chi connectivity index (χ4v) is 2.25. The molecule has 3 rings (SSSR count). The second kappa shape index (κ2) is 3.70. The summed E-state index contributed by atoms with van der Waals surface area (Å²) in [6.07, 6.45) is 1.58. The summed E-state index contributed by atoms with van der Waals surface area (Å²) in [5, 5.41) is 10.3. The largest absolute Gasteiger partial charge is 0.430 e. The van der Waals surface area contributed by atoms with Gasteiger partial charge in [0.15, 0.2) is 0 Å². The summed E-state index contributed by atoms with van der Waals surface area (Å²) in [6.45, 7) is 1.58. The van der Waals surface area contributed by atoms with Gasteiger partial charge in [-0.1, -0.05) is 18.2 Å². The topological polar surface area (TPSA) is 55.8 Å². The molecule has 0 amide bonds. The van der Waals surface area contributed by atoms with E-state index in [2.05, 4.69) is 15.9 Å². The number of ketones is 1. The summed E-state index contributed by atoms with van der Waals surface area (Å²) < 4.78 is 11.0. The van der Waals surface area contributed by atoms with Gasteiger partial charge in [-0.2, -0.15) is 0 Å². The lowest BCUT2D eigenvalue weighted by Crippen LogP contribution is -2.47. The molecule has 0 radical (unpaired) electrons. The second-order valence-corrected chi connectivity index (χ2v) is 4.87. The zero-order valence-electron chi connectivity index (χ0n) is 9.44. The van der Waals surface area contributed by atoms with Crippen LogP contribution in [0.1, 0.15) is 12.5 Å². The monoisotopic (exact) mass is 308 g/mol. The minimum atomic E-state index is -2.03. The molecule has 0 aliphatic carbocycles. The molecule has 18 heavy (non-hydrogen) atoms. The number of rotatable bonds is 0. The Morgan fingerprint density at radius 1 is 1.28 bits per heavy atom. The first-order valence-corrected chi connectivity index (χ1v) is 6.13. The van der Waals surface area contributed by atoms with Gasteiger partial charge in [0.25, 0.3) is 0 Å². The van der Waals surface area contributed by atoms with E-state index >= 15 is 0 Å². The van der Waals surface area contributed by atoms with Gasteiger partial charge in [-0.3, -0.25) is 4.79 Å². The van der Waals surface area contributed by atoms with E-state index in [1.807, 2.05) is 6.07 Å². The van der Waals surface area contributed by atoms with Gasteiger partial charge in [0.1, 0.15) is 21.6 Å². The highest BCUT2D eigenvalue weighted by atomic mass is 79.9.